The van der Waals surface area contributed by atoms with Gasteiger partial charge in [-0.2, -0.15) is 0 Å². The van der Waals surface area contributed by atoms with Crippen molar-refractivity contribution in [3.8, 4) is 5.75 Å². The predicted molar refractivity (Wildman–Crippen MR) is 300 cm³/mol. The van der Waals surface area contributed by atoms with Gasteiger partial charge in [0.2, 0.25) is 18.9 Å². The molecule has 0 aromatic heterocycles. The smallest absolute Gasteiger partial charge is 0.337 e. The molecule has 522 valence electrons. The van der Waals surface area contributed by atoms with Gasteiger partial charge in [0.15, 0.2) is 18.9 Å². The largest absolute Gasteiger partial charge is 0.508 e. The van der Waals surface area contributed by atoms with Gasteiger partial charge in [0.25, 0.3) is 0 Å². The van der Waals surface area contributed by atoms with Gasteiger partial charge in [-0.1, -0.05) is 18.2 Å². The van der Waals surface area contributed by atoms with Crippen molar-refractivity contribution in [2.24, 2.45) is 17.8 Å². The summed E-state index contributed by atoms with van der Waals surface area (Å²) >= 11 is 0. The van der Waals surface area contributed by atoms with Crippen molar-refractivity contribution < 1.29 is 171 Å². The molecular formula is C59H76O35. The molecule has 0 amide bonds. The Morgan fingerprint density at radius 1 is 0.447 bits per heavy atom. The van der Waals surface area contributed by atoms with Crippen LogP contribution in [-0.2, 0) is 106 Å². The minimum absolute atomic E-state index is 0.0423. The summed E-state index contributed by atoms with van der Waals surface area (Å²) in [6.45, 7) is -5.24. The van der Waals surface area contributed by atoms with E-state index in [1.807, 2.05) is 0 Å². The number of aromatic hydroxyl groups is 1. The Hall–Kier alpha value is -7.08. The molecule has 1 aromatic carbocycles. The lowest BCUT2D eigenvalue weighted by molar-refractivity contribution is -0.328. The number of esters is 6. The van der Waals surface area contributed by atoms with Gasteiger partial charge in [-0.3, -0.25) is 14.4 Å². The summed E-state index contributed by atoms with van der Waals surface area (Å²) in [5, 5.41) is 145. The van der Waals surface area contributed by atoms with Crippen molar-refractivity contribution in [2.75, 3.05) is 61.0 Å². The standard InChI is InChI=1S/C59H76O35/c1-80-51(77)33-22-86-55(93-58-49(75)46(72)43(69)37(19-62)90-58)29(27(33)8-9-39(65)85-21-25-4-6-26(64)7-5-25)11-14-83-41(67)17-32-30(56(88-24-35(32)53(79)82-3)94-59-50(76)47(73)44(70)38(20-63)91-59)12-15-84-40(66)16-31-28(10-13-60)54(87-23-34(31)52(78)81-2)92-57-48(74)45(71)42(68)36(18-61)89-57/h4-7,10-12,22-24,27,31-32,36-38,42-50,54-64,68-76H,8-9,13-21H2,1-3H3. The number of aliphatic hydroxyl groups is 13. The third-order valence-corrected chi connectivity index (χ3v) is 15.9. The van der Waals surface area contributed by atoms with Gasteiger partial charge in [-0.25, -0.2) is 14.4 Å². The third-order valence-electron chi connectivity index (χ3n) is 15.9. The quantitative estimate of drug-likeness (QED) is 0.0234. The number of hydrogen-bond acceptors (Lipinski definition) is 35. The van der Waals surface area contributed by atoms with Crippen LogP contribution < -0.4 is 0 Å². The summed E-state index contributed by atoms with van der Waals surface area (Å²) < 4.78 is 83.0. The lowest BCUT2D eigenvalue weighted by Crippen LogP contribution is -2.60. The fourth-order valence-corrected chi connectivity index (χ4v) is 10.7. The number of carbonyl (C=O) groups excluding carboxylic acids is 6. The maximum absolute atomic E-state index is 14.3. The molecule has 0 aliphatic carbocycles. The molecule has 94 heavy (non-hydrogen) atoms. The van der Waals surface area contributed by atoms with E-state index in [0.29, 0.717) is 5.56 Å². The number of phenolic OH excluding ortho intramolecular Hbond substituents is 1. The summed E-state index contributed by atoms with van der Waals surface area (Å²) in [5.74, 6) is -10.5. The number of hydrogen-bond donors (Lipinski definition) is 14. The van der Waals surface area contributed by atoms with Crippen molar-refractivity contribution >= 4 is 35.8 Å². The van der Waals surface area contributed by atoms with Crippen molar-refractivity contribution in [1.29, 1.82) is 0 Å². The van der Waals surface area contributed by atoms with E-state index in [9.17, 15) is 100 Å². The zero-order chi connectivity index (χ0) is 68.7. The third kappa shape index (κ3) is 17.9. The maximum atomic E-state index is 14.3. The van der Waals surface area contributed by atoms with Gasteiger partial charge >= 0.3 is 35.8 Å². The van der Waals surface area contributed by atoms with E-state index in [-0.39, 0.29) is 46.6 Å². The number of rotatable bonds is 26. The number of carbonyl (C=O) groups is 6. The predicted octanol–water partition coefficient (Wildman–Crippen LogP) is -5.61. The second-order valence-corrected chi connectivity index (χ2v) is 21.7. The van der Waals surface area contributed by atoms with E-state index in [1.54, 1.807) is 0 Å². The fraction of sp³-hybridized carbons (Fsp3) is 0.593. The molecule has 0 bridgehead atoms. The number of methoxy groups -OCH3 is 3. The first-order valence-electron chi connectivity index (χ1n) is 29.1. The van der Waals surface area contributed by atoms with Crippen LogP contribution in [0.5, 0.6) is 5.75 Å². The summed E-state index contributed by atoms with van der Waals surface area (Å²) in [4.78, 5) is 81.7. The molecule has 7 rings (SSSR count). The highest BCUT2D eigenvalue weighted by atomic mass is 16.8. The van der Waals surface area contributed by atoms with Crippen molar-refractivity contribution in [3.63, 3.8) is 0 Å². The normalized spacial score (nSPS) is 34.7. The molecule has 3 fully saturated rings. The molecule has 14 N–H and O–H groups in total. The van der Waals surface area contributed by atoms with Crippen LogP contribution in [0.25, 0.3) is 0 Å². The Bertz CT molecular complexity index is 2950. The summed E-state index contributed by atoms with van der Waals surface area (Å²) in [5.41, 5.74) is -1.06. The Kier molecular flexibility index (Phi) is 27.3. The molecule has 0 radical (unpaired) electrons. The van der Waals surface area contributed by atoms with Gasteiger partial charge < -0.3 is 143 Å². The van der Waals surface area contributed by atoms with Crippen LogP contribution in [0.2, 0.25) is 0 Å². The van der Waals surface area contributed by atoms with Crippen molar-refractivity contribution in [1.82, 2.24) is 0 Å². The lowest BCUT2D eigenvalue weighted by atomic mass is 9.85. The second kappa shape index (κ2) is 34.5. The minimum atomic E-state index is -2.07. The molecule has 35 heteroatoms. The van der Waals surface area contributed by atoms with E-state index in [4.69, 9.17) is 71.1 Å². The highest BCUT2D eigenvalue weighted by molar-refractivity contribution is 5.92. The van der Waals surface area contributed by atoms with Gasteiger partial charge in [0.05, 0.1) is 96.1 Å². The number of aliphatic hydroxyl groups excluding tert-OH is 13. The molecule has 6 aliphatic heterocycles. The molecule has 1 aromatic rings. The van der Waals surface area contributed by atoms with E-state index < -0.39 is 229 Å². The van der Waals surface area contributed by atoms with Crippen LogP contribution in [-0.4, -0.2) is 279 Å². The topological polar surface area (TPSA) is 524 Å². The minimum Gasteiger partial charge on any atom is -0.508 e. The van der Waals surface area contributed by atoms with E-state index in [1.165, 1.54) is 30.3 Å². The van der Waals surface area contributed by atoms with Gasteiger partial charge in [-0.05, 0) is 36.3 Å². The average Bonchev–Trinajstić information content (AvgIpc) is 0.803. The maximum Gasteiger partial charge on any atom is 0.337 e. The van der Waals surface area contributed by atoms with Gasteiger partial charge in [0.1, 0.15) is 98.8 Å². The van der Waals surface area contributed by atoms with Crippen LogP contribution in [0.3, 0.4) is 0 Å². The van der Waals surface area contributed by atoms with Crippen LogP contribution >= 0.6 is 0 Å². The van der Waals surface area contributed by atoms with Gasteiger partial charge in [0, 0.05) is 40.9 Å². The Labute approximate surface area is 533 Å². The number of phenols is 1. The molecule has 21 atom stereocenters. The van der Waals surface area contributed by atoms with Gasteiger partial charge in [-0.15, -0.1) is 0 Å². The lowest BCUT2D eigenvalue weighted by Gasteiger charge is -2.42. The summed E-state index contributed by atoms with van der Waals surface area (Å²) in [7, 11) is 3.01. The highest BCUT2D eigenvalue weighted by Crippen LogP contribution is 2.41. The Morgan fingerprint density at radius 3 is 1.15 bits per heavy atom. The summed E-state index contributed by atoms with van der Waals surface area (Å²) in [6.07, 6.45) is -29.3. The second-order valence-electron chi connectivity index (χ2n) is 21.7. The zero-order valence-corrected chi connectivity index (χ0v) is 50.5. The fourth-order valence-electron chi connectivity index (χ4n) is 10.7. The Morgan fingerprint density at radius 2 is 0.798 bits per heavy atom. The molecule has 21 unspecified atom stereocenters. The number of benzene rings is 1. The van der Waals surface area contributed by atoms with Crippen molar-refractivity contribution in [3.05, 3.63) is 100 Å². The Balaban J connectivity index is 1.18. The summed E-state index contributed by atoms with van der Waals surface area (Å²) in [6, 6.07) is 5.75. The first-order valence-corrected chi connectivity index (χ1v) is 29.1. The molecular weight excluding hydrogens is 1270 g/mol. The van der Waals surface area contributed by atoms with E-state index >= 15 is 0 Å². The van der Waals surface area contributed by atoms with E-state index in [0.717, 1.165) is 52.3 Å². The highest BCUT2D eigenvalue weighted by Gasteiger charge is 2.51. The SMILES string of the molecule is COC(=O)C1=COC(OC2OC(CO)C(O)C(O)C2O)C(=CCOC(=O)CC2C(C(=O)OC)=COC(OC3OC(CO)C(O)C(O)C3O)C2=CCOC(=O)CC2C(C(=O)OC)=COC(OC3OC(CO)C(O)C(O)C3O)C2=CCO)C1CCC(=O)OCc1ccc(O)cc1. The zero-order valence-electron chi connectivity index (χ0n) is 50.5. The first-order chi connectivity index (χ1) is 44.9. The molecule has 0 saturated carbocycles. The molecule has 0 spiro atoms. The molecule has 35 nitrogen and oxygen atoms in total. The van der Waals surface area contributed by atoms with E-state index in [2.05, 4.69) is 0 Å². The van der Waals surface area contributed by atoms with Crippen LogP contribution in [0, 0.1) is 17.8 Å². The van der Waals surface area contributed by atoms with Crippen LogP contribution in [0.4, 0.5) is 0 Å². The molecule has 6 aliphatic rings. The van der Waals surface area contributed by atoms with Crippen LogP contribution in [0.15, 0.2) is 94.7 Å². The molecule has 3 saturated heterocycles. The van der Waals surface area contributed by atoms with Crippen LogP contribution in [0.1, 0.15) is 31.2 Å². The first kappa shape index (κ1) is 74.3. The van der Waals surface area contributed by atoms with Crippen molar-refractivity contribution in [2.45, 2.75) is 143 Å². The monoisotopic (exact) mass is 1340 g/mol. The number of ether oxygens (including phenoxy) is 15. The average molecular weight is 1350 g/mol. The molecule has 6 heterocycles.